The van der Waals surface area contributed by atoms with Crippen LogP contribution < -0.4 is 22.1 Å². The molecule has 44 heavy (non-hydrogen) atoms. The molecule has 236 valence electrons. The van der Waals surface area contributed by atoms with Crippen LogP contribution in [-0.4, -0.2) is 42.7 Å². The Morgan fingerprint density at radius 1 is 0.750 bits per heavy atom. The number of benzene rings is 3. The van der Waals surface area contributed by atoms with Crippen LogP contribution in [0.5, 0.6) is 0 Å². The van der Waals surface area contributed by atoms with E-state index in [2.05, 4.69) is 83.4 Å². The first-order chi connectivity index (χ1) is 21.5. The maximum absolute atomic E-state index is 14.0. The Morgan fingerprint density at radius 3 is 1.77 bits per heavy atom. The van der Waals surface area contributed by atoms with Gasteiger partial charge in [-0.3, -0.25) is 9.59 Å². The number of unbranched alkanes of at least 4 members (excludes halogenated alkanes) is 1. The third-order valence-corrected chi connectivity index (χ3v) is 10.4. The van der Waals surface area contributed by atoms with E-state index in [0.29, 0.717) is 31.7 Å². The second kappa shape index (κ2) is 18.0. The number of nitrogens with one attached hydrogen (secondary N) is 2. The lowest BCUT2D eigenvalue weighted by molar-refractivity contribution is -0.126. The number of hydrogen-bond donors (Lipinski definition) is 4. The highest BCUT2D eigenvalue weighted by Crippen LogP contribution is 2.49. The molecule has 4 rings (SSSR count). The molecule has 0 heterocycles. The predicted molar refractivity (Wildman–Crippen MR) is 183 cm³/mol. The lowest BCUT2D eigenvalue weighted by atomic mass is 9.84. The van der Waals surface area contributed by atoms with Crippen molar-refractivity contribution < 1.29 is 9.59 Å². The maximum Gasteiger partial charge on any atom is 0.236 e. The van der Waals surface area contributed by atoms with Crippen molar-refractivity contribution in [2.45, 2.75) is 81.0 Å². The number of carbonyl (C=O) groups excluding carboxylic acids is 2. The Labute approximate surface area is 268 Å². The summed E-state index contributed by atoms with van der Waals surface area (Å²) in [5, 5.41) is 6.42. The molecular formula is C37H50N4O2S. The minimum absolute atomic E-state index is 0.0778. The molecule has 7 heteroatoms. The van der Waals surface area contributed by atoms with Crippen molar-refractivity contribution in [2.24, 2.45) is 17.4 Å². The Bertz CT molecular complexity index is 1150. The maximum atomic E-state index is 14.0. The van der Waals surface area contributed by atoms with Crippen LogP contribution in [0.15, 0.2) is 91.0 Å². The molecular weight excluding hydrogens is 565 g/mol. The smallest absolute Gasteiger partial charge is 0.236 e. The molecule has 2 unspecified atom stereocenters. The van der Waals surface area contributed by atoms with Crippen molar-refractivity contribution >= 4 is 23.6 Å². The Hall–Kier alpha value is -3.13. The SMILES string of the molecule is NCCCCC(N)C(=O)NCCC(CSC(c1ccccc1)(c1ccccc1)c1ccccc1)C(=O)NC1CCCCCC1. The van der Waals surface area contributed by atoms with E-state index in [4.69, 9.17) is 11.5 Å². The van der Waals surface area contributed by atoms with Crippen molar-refractivity contribution in [3.8, 4) is 0 Å². The third kappa shape index (κ3) is 9.43. The molecule has 3 aromatic rings. The molecule has 1 saturated carbocycles. The summed E-state index contributed by atoms with van der Waals surface area (Å²) in [6.07, 6.45) is 9.67. The number of nitrogens with two attached hydrogens (primary N) is 2. The molecule has 0 radical (unpaired) electrons. The Balaban J connectivity index is 1.59. The van der Waals surface area contributed by atoms with Crippen LogP contribution in [0.25, 0.3) is 0 Å². The largest absolute Gasteiger partial charge is 0.355 e. The Kier molecular flexibility index (Phi) is 13.8. The lowest BCUT2D eigenvalue weighted by Gasteiger charge is -2.36. The Morgan fingerprint density at radius 2 is 1.27 bits per heavy atom. The van der Waals surface area contributed by atoms with Crippen LogP contribution in [0.2, 0.25) is 0 Å². The first-order valence-electron chi connectivity index (χ1n) is 16.4. The van der Waals surface area contributed by atoms with Crippen molar-refractivity contribution in [1.29, 1.82) is 0 Å². The summed E-state index contributed by atoms with van der Waals surface area (Å²) < 4.78 is -0.515. The molecule has 6 nitrogen and oxygen atoms in total. The van der Waals surface area contributed by atoms with Crippen molar-refractivity contribution in [1.82, 2.24) is 10.6 Å². The molecule has 1 aliphatic carbocycles. The molecule has 2 amide bonds. The minimum Gasteiger partial charge on any atom is -0.355 e. The molecule has 1 fully saturated rings. The van der Waals surface area contributed by atoms with E-state index in [9.17, 15) is 9.59 Å². The monoisotopic (exact) mass is 614 g/mol. The zero-order valence-corrected chi connectivity index (χ0v) is 26.8. The van der Waals surface area contributed by atoms with Crippen LogP contribution in [0.4, 0.5) is 0 Å². The van der Waals surface area contributed by atoms with Crippen LogP contribution in [0.1, 0.15) is 80.9 Å². The number of amides is 2. The summed E-state index contributed by atoms with van der Waals surface area (Å²) in [6.45, 7) is 1.00. The van der Waals surface area contributed by atoms with Gasteiger partial charge >= 0.3 is 0 Å². The average molecular weight is 615 g/mol. The van der Waals surface area contributed by atoms with Crippen molar-refractivity contribution in [3.05, 3.63) is 108 Å². The summed E-state index contributed by atoms with van der Waals surface area (Å²) in [5.74, 6) is 0.224. The molecule has 0 aliphatic heterocycles. The highest BCUT2D eigenvalue weighted by atomic mass is 32.2. The van der Waals surface area contributed by atoms with E-state index >= 15 is 0 Å². The molecule has 3 aromatic carbocycles. The zero-order chi connectivity index (χ0) is 31.0. The number of carbonyl (C=O) groups is 2. The van der Waals surface area contributed by atoms with Gasteiger partial charge in [0.2, 0.25) is 11.8 Å². The molecule has 1 aliphatic rings. The number of rotatable bonds is 16. The highest BCUT2D eigenvalue weighted by molar-refractivity contribution is 8.00. The van der Waals surface area contributed by atoms with Crippen molar-refractivity contribution in [2.75, 3.05) is 18.8 Å². The quantitative estimate of drug-likeness (QED) is 0.0882. The average Bonchev–Trinajstić information content (AvgIpc) is 3.34. The molecule has 2 atom stereocenters. The fourth-order valence-electron chi connectivity index (χ4n) is 6.17. The highest BCUT2D eigenvalue weighted by Gasteiger charge is 2.38. The molecule has 0 saturated heterocycles. The van der Waals surface area contributed by atoms with Gasteiger partial charge in [-0.05, 0) is 55.3 Å². The van der Waals surface area contributed by atoms with Crippen LogP contribution in [0.3, 0.4) is 0 Å². The van der Waals surface area contributed by atoms with Crippen LogP contribution >= 0.6 is 11.8 Å². The third-order valence-electron chi connectivity index (χ3n) is 8.71. The van der Waals surface area contributed by atoms with Crippen LogP contribution in [0, 0.1) is 5.92 Å². The summed E-state index contributed by atoms with van der Waals surface area (Å²) in [4.78, 5) is 26.7. The molecule has 0 aromatic heterocycles. The standard InChI is InChI=1S/C37H50N4O2S/c38-26-15-14-24-34(39)36(43)40-27-25-29(35(42)41-33-22-12-1-2-13-23-33)28-44-37(30-16-6-3-7-17-30,31-18-8-4-9-19-31)32-20-10-5-11-21-32/h3-11,16-21,29,33-34H,1-2,12-15,22-28,38-39H2,(H,40,43)(H,41,42). The second-order valence-electron chi connectivity index (χ2n) is 12.0. The van der Waals surface area contributed by atoms with E-state index in [1.807, 2.05) is 18.2 Å². The van der Waals surface area contributed by atoms with Crippen molar-refractivity contribution in [3.63, 3.8) is 0 Å². The zero-order valence-electron chi connectivity index (χ0n) is 26.0. The van der Waals surface area contributed by atoms with Gasteiger partial charge in [0.25, 0.3) is 0 Å². The molecule has 0 spiro atoms. The first kappa shape index (κ1) is 33.8. The minimum atomic E-state index is -0.559. The van der Waals surface area contributed by atoms with Gasteiger partial charge in [0, 0.05) is 24.3 Å². The van der Waals surface area contributed by atoms with Crippen LogP contribution in [-0.2, 0) is 14.3 Å². The predicted octanol–water partition coefficient (Wildman–Crippen LogP) is 6.13. The second-order valence-corrected chi connectivity index (χ2v) is 13.2. The summed E-state index contributed by atoms with van der Waals surface area (Å²) in [7, 11) is 0. The van der Waals surface area contributed by atoms with Gasteiger partial charge in [0.15, 0.2) is 0 Å². The van der Waals surface area contributed by atoms with Gasteiger partial charge in [-0.15, -0.1) is 11.8 Å². The van der Waals surface area contributed by atoms with E-state index < -0.39 is 10.8 Å². The van der Waals surface area contributed by atoms with Gasteiger partial charge in [-0.1, -0.05) is 123 Å². The van der Waals surface area contributed by atoms with E-state index in [0.717, 1.165) is 38.5 Å². The number of hydrogen-bond acceptors (Lipinski definition) is 5. The van der Waals surface area contributed by atoms with E-state index in [1.54, 1.807) is 11.8 Å². The normalized spacial score (nSPS) is 15.6. The molecule has 0 bridgehead atoms. The van der Waals surface area contributed by atoms with Gasteiger partial charge in [0.05, 0.1) is 10.8 Å². The fourth-order valence-corrected chi connectivity index (χ4v) is 7.84. The topological polar surface area (TPSA) is 110 Å². The van der Waals surface area contributed by atoms with Gasteiger partial charge < -0.3 is 22.1 Å². The van der Waals surface area contributed by atoms with Gasteiger partial charge in [-0.2, -0.15) is 0 Å². The van der Waals surface area contributed by atoms with E-state index in [1.165, 1.54) is 29.5 Å². The summed E-state index contributed by atoms with van der Waals surface area (Å²) >= 11 is 1.80. The summed E-state index contributed by atoms with van der Waals surface area (Å²) in [6, 6.07) is 31.4. The summed E-state index contributed by atoms with van der Waals surface area (Å²) in [5.41, 5.74) is 15.2. The van der Waals surface area contributed by atoms with Gasteiger partial charge in [-0.25, -0.2) is 0 Å². The molecule has 6 N–H and O–H groups in total. The first-order valence-corrected chi connectivity index (χ1v) is 17.4. The number of thioether (sulfide) groups is 1. The van der Waals surface area contributed by atoms with E-state index in [-0.39, 0.29) is 23.8 Å². The fraction of sp³-hybridized carbons (Fsp3) is 0.459. The lowest BCUT2D eigenvalue weighted by Crippen LogP contribution is -2.44. The van der Waals surface area contributed by atoms with Gasteiger partial charge in [0.1, 0.15) is 0 Å².